The van der Waals surface area contributed by atoms with Crippen LogP contribution in [0, 0.1) is 5.92 Å². The molecule has 0 aliphatic carbocycles. The molecule has 0 unspecified atom stereocenters. The van der Waals surface area contributed by atoms with Crippen molar-refractivity contribution in [3.63, 3.8) is 0 Å². The molecule has 108 valence electrons. The summed E-state index contributed by atoms with van der Waals surface area (Å²) in [4.78, 5) is 0.282. The van der Waals surface area contributed by atoms with E-state index in [0.29, 0.717) is 24.7 Å². The molecule has 0 aliphatic rings. The number of sulfonamides is 1. The van der Waals surface area contributed by atoms with Gasteiger partial charge in [-0.3, -0.25) is 0 Å². The van der Waals surface area contributed by atoms with Gasteiger partial charge in [-0.2, -0.15) is 4.31 Å². The Labute approximate surface area is 116 Å². The van der Waals surface area contributed by atoms with Crippen LogP contribution >= 0.6 is 0 Å². The molecule has 1 aromatic rings. The molecule has 0 amide bonds. The van der Waals surface area contributed by atoms with Crippen LogP contribution < -0.4 is 5.73 Å². The average Bonchev–Trinajstić information content (AvgIpc) is 2.35. The predicted octanol–water partition coefficient (Wildman–Crippen LogP) is 2.50. The van der Waals surface area contributed by atoms with Crippen molar-refractivity contribution in [3.05, 3.63) is 23.8 Å². The van der Waals surface area contributed by atoms with Crippen molar-refractivity contribution in [2.24, 2.45) is 5.92 Å². The van der Waals surface area contributed by atoms with Gasteiger partial charge in [0.15, 0.2) is 0 Å². The lowest BCUT2D eigenvalue weighted by atomic mass is 10.1. The molecular formula is C14H24N2O2S. The number of hydrogen-bond acceptors (Lipinski definition) is 3. The molecule has 1 aromatic carbocycles. The predicted molar refractivity (Wildman–Crippen MR) is 79.5 cm³/mol. The zero-order chi connectivity index (χ0) is 14.6. The third-order valence-corrected chi connectivity index (χ3v) is 4.99. The zero-order valence-electron chi connectivity index (χ0n) is 12.2. The minimum absolute atomic E-state index is 0.282. The molecule has 0 saturated carbocycles. The van der Waals surface area contributed by atoms with Crippen LogP contribution in [0.5, 0.6) is 0 Å². The molecule has 19 heavy (non-hydrogen) atoms. The van der Waals surface area contributed by atoms with Crippen LogP contribution in [-0.2, 0) is 16.4 Å². The molecule has 0 fully saturated rings. The first-order valence-electron chi connectivity index (χ1n) is 6.71. The van der Waals surface area contributed by atoms with Crippen LogP contribution in [-0.4, -0.2) is 25.8 Å². The third-order valence-electron chi connectivity index (χ3n) is 3.06. The van der Waals surface area contributed by atoms with E-state index in [1.54, 1.807) is 18.2 Å². The van der Waals surface area contributed by atoms with Crippen molar-refractivity contribution < 1.29 is 8.42 Å². The first-order valence-corrected chi connectivity index (χ1v) is 8.15. The van der Waals surface area contributed by atoms with Gasteiger partial charge in [0.05, 0.1) is 4.90 Å². The summed E-state index contributed by atoms with van der Waals surface area (Å²) in [6.45, 7) is 8.85. The number of rotatable bonds is 6. The van der Waals surface area contributed by atoms with Gasteiger partial charge < -0.3 is 5.73 Å². The summed E-state index contributed by atoms with van der Waals surface area (Å²) >= 11 is 0. The van der Waals surface area contributed by atoms with Crippen LogP contribution in [0.1, 0.15) is 33.3 Å². The fourth-order valence-corrected chi connectivity index (χ4v) is 3.66. The van der Waals surface area contributed by atoms with Gasteiger partial charge in [0, 0.05) is 18.8 Å². The minimum atomic E-state index is -3.44. The highest BCUT2D eigenvalue weighted by atomic mass is 32.2. The molecule has 0 atom stereocenters. The summed E-state index contributed by atoms with van der Waals surface area (Å²) in [5.41, 5.74) is 7.41. The van der Waals surface area contributed by atoms with E-state index in [-0.39, 0.29) is 4.90 Å². The number of nitrogens with two attached hydrogens (primary N) is 1. The molecule has 0 spiro atoms. The molecule has 0 heterocycles. The summed E-state index contributed by atoms with van der Waals surface area (Å²) < 4.78 is 26.5. The maximum Gasteiger partial charge on any atom is 0.243 e. The molecule has 0 aliphatic heterocycles. The van der Waals surface area contributed by atoms with Crippen LogP contribution in [0.4, 0.5) is 5.69 Å². The van der Waals surface area contributed by atoms with E-state index in [1.165, 1.54) is 4.31 Å². The standard InChI is InChI=1S/C14H24N2O2S/c1-5-12-7-8-13(9-14(12)15)19(17,18)16(6-2)10-11(3)4/h7-9,11H,5-6,10,15H2,1-4H3. The van der Waals surface area contributed by atoms with E-state index in [4.69, 9.17) is 5.73 Å². The number of benzene rings is 1. The largest absolute Gasteiger partial charge is 0.398 e. The smallest absolute Gasteiger partial charge is 0.243 e. The summed E-state index contributed by atoms with van der Waals surface area (Å²) in [5.74, 6) is 0.294. The van der Waals surface area contributed by atoms with Gasteiger partial charge in [-0.25, -0.2) is 8.42 Å². The second-order valence-electron chi connectivity index (χ2n) is 5.06. The van der Waals surface area contributed by atoms with Crippen molar-refractivity contribution in [1.29, 1.82) is 0 Å². The van der Waals surface area contributed by atoms with Crippen LogP contribution in [0.15, 0.2) is 23.1 Å². The van der Waals surface area contributed by atoms with Crippen molar-refractivity contribution >= 4 is 15.7 Å². The molecule has 0 radical (unpaired) electrons. The fourth-order valence-electron chi connectivity index (χ4n) is 2.01. The molecule has 2 N–H and O–H groups in total. The molecule has 0 saturated heterocycles. The zero-order valence-corrected chi connectivity index (χ0v) is 13.0. The average molecular weight is 284 g/mol. The molecule has 5 heteroatoms. The van der Waals surface area contributed by atoms with Crippen molar-refractivity contribution in [3.8, 4) is 0 Å². The van der Waals surface area contributed by atoms with E-state index in [2.05, 4.69) is 0 Å². The lowest BCUT2D eigenvalue weighted by molar-refractivity contribution is 0.381. The van der Waals surface area contributed by atoms with Crippen molar-refractivity contribution in [1.82, 2.24) is 4.31 Å². The second kappa shape index (κ2) is 6.39. The van der Waals surface area contributed by atoms with Crippen LogP contribution in [0.3, 0.4) is 0 Å². The maximum atomic E-state index is 12.5. The summed E-state index contributed by atoms with van der Waals surface area (Å²) in [6.07, 6.45) is 0.801. The Kier molecular flexibility index (Phi) is 5.38. The highest BCUT2D eigenvalue weighted by Crippen LogP contribution is 2.22. The van der Waals surface area contributed by atoms with Gasteiger partial charge >= 0.3 is 0 Å². The highest BCUT2D eigenvalue weighted by Gasteiger charge is 2.24. The van der Waals surface area contributed by atoms with Gasteiger partial charge in [0.1, 0.15) is 0 Å². The number of aryl methyl sites for hydroxylation is 1. The normalized spacial score (nSPS) is 12.3. The van der Waals surface area contributed by atoms with Gasteiger partial charge in [0.2, 0.25) is 10.0 Å². The molecule has 4 nitrogen and oxygen atoms in total. The first-order chi connectivity index (χ1) is 8.82. The molecule has 0 bridgehead atoms. The number of nitrogen functional groups attached to an aromatic ring is 1. The molecule has 0 aromatic heterocycles. The Balaban J connectivity index is 3.15. The Hall–Kier alpha value is -1.07. The van der Waals surface area contributed by atoms with Crippen molar-refractivity contribution in [2.75, 3.05) is 18.8 Å². The molecule has 1 rings (SSSR count). The van der Waals surface area contributed by atoms with Gasteiger partial charge in [-0.15, -0.1) is 0 Å². The van der Waals surface area contributed by atoms with Crippen LogP contribution in [0.25, 0.3) is 0 Å². The monoisotopic (exact) mass is 284 g/mol. The summed E-state index contributed by atoms with van der Waals surface area (Å²) in [5, 5.41) is 0. The van der Waals surface area contributed by atoms with E-state index < -0.39 is 10.0 Å². The van der Waals surface area contributed by atoms with Gasteiger partial charge in [0.25, 0.3) is 0 Å². The SMILES string of the molecule is CCc1ccc(S(=O)(=O)N(CC)CC(C)C)cc1N. The Bertz CT molecular complexity index is 524. The van der Waals surface area contributed by atoms with Crippen molar-refractivity contribution in [2.45, 2.75) is 39.0 Å². The van der Waals surface area contributed by atoms with E-state index >= 15 is 0 Å². The van der Waals surface area contributed by atoms with Gasteiger partial charge in [-0.1, -0.05) is 33.8 Å². The number of anilines is 1. The number of nitrogens with zero attached hydrogens (tertiary/aromatic N) is 1. The lowest BCUT2D eigenvalue weighted by Gasteiger charge is -2.22. The Morgan fingerprint density at radius 2 is 1.89 bits per heavy atom. The number of hydrogen-bond donors (Lipinski definition) is 1. The summed E-state index contributed by atoms with van der Waals surface area (Å²) in [6, 6.07) is 5.01. The second-order valence-corrected chi connectivity index (χ2v) is 7.00. The Morgan fingerprint density at radius 3 is 2.32 bits per heavy atom. The topological polar surface area (TPSA) is 63.4 Å². The summed E-state index contributed by atoms with van der Waals surface area (Å²) in [7, 11) is -3.44. The third kappa shape index (κ3) is 3.70. The van der Waals surface area contributed by atoms with E-state index in [9.17, 15) is 8.42 Å². The molecular weight excluding hydrogens is 260 g/mol. The maximum absolute atomic E-state index is 12.5. The highest BCUT2D eigenvalue weighted by molar-refractivity contribution is 7.89. The van der Waals surface area contributed by atoms with Gasteiger partial charge in [-0.05, 0) is 30.0 Å². The minimum Gasteiger partial charge on any atom is -0.398 e. The van der Waals surface area contributed by atoms with E-state index in [0.717, 1.165) is 12.0 Å². The fraction of sp³-hybridized carbons (Fsp3) is 0.571. The van der Waals surface area contributed by atoms with Crippen LogP contribution in [0.2, 0.25) is 0 Å². The van der Waals surface area contributed by atoms with E-state index in [1.807, 2.05) is 27.7 Å². The lowest BCUT2D eigenvalue weighted by Crippen LogP contribution is -2.34. The Morgan fingerprint density at radius 1 is 1.26 bits per heavy atom. The quantitative estimate of drug-likeness (QED) is 0.816. The first kappa shape index (κ1) is 16.0.